The maximum atomic E-state index is 12.9. The fourth-order valence-corrected chi connectivity index (χ4v) is 2.84. The number of pyridine rings is 1. The Balaban J connectivity index is 2.05. The van der Waals surface area contributed by atoms with E-state index in [1.54, 1.807) is 20.4 Å². The molecule has 0 radical (unpaired) electrons. The molecular formula is C17H21N3O3. The maximum Gasteiger partial charge on any atom is 0.273 e. The number of carbonyl (C=O) groups excluding carboxylic acids is 1. The molecule has 23 heavy (non-hydrogen) atoms. The predicted molar refractivity (Wildman–Crippen MR) is 88.2 cm³/mol. The minimum atomic E-state index is -0.0426. The maximum absolute atomic E-state index is 12.9. The molecule has 0 atom stereocenters. The number of methoxy groups -OCH3 is 2. The summed E-state index contributed by atoms with van der Waals surface area (Å²) < 4.78 is 10.7. The molecule has 0 aliphatic carbocycles. The lowest BCUT2D eigenvalue weighted by atomic mass is 10.1. The summed E-state index contributed by atoms with van der Waals surface area (Å²) in [5.41, 5.74) is 0.448. The van der Waals surface area contributed by atoms with Crippen molar-refractivity contribution in [2.45, 2.75) is 0 Å². The van der Waals surface area contributed by atoms with E-state index in [1.165, 1.54) is 0 Å². The van der Waals surface area contributed by atoms with E-state index in [4.69, 9.17) is 9.47 Å². The van der Waals surface area contributed by atoms with Gasteiger partial charge in [0, 0.05) is 49.2 Å². The number of benzene rings is 1. The van der Waals surface area contributed by atoms with E-state index in [-0.39, 0.29) is 5.91 Å². The zero-order valence-electron chi connectivity index (χ0n) is 13.7. The van der Waals surface area contributed by atoms with Crippen molar-refractivity contribution in [1.29, 1.82) is 0 Å². The van der Waals surface area contributed by atoms with Gasteiger partial charge in [-0.1, -0.05) is 0 Å². The Kier molecular flexibility index (Phi) is 4.34. The Morgan fingerprint density at radius 2 is 1.83 bits per heavy atom. The molecule has 2 aromatic rings. The molecule has 1 aliphatic heterocycles. The zero-order chi connectivity index (χ0) is 16.4. The molecule has 0 spiro atoms. The van der Waals surface area contributed by atoms with Gasteiger partial charge < -0.3 is 19.3 Å². The van der Waals surface area contributed by atoms with Gasteiger partial charge in [-0.3, -0.25) is 9.78 Å². The van der Waals surface area contributed by atoms with Gasteiger partial charge in [-0.05, 0) is 19.2 Å². The van der Waals surface area contributed by atoms with Gasteiger partial charge in [0.15, 0.2) is 0 Å². The van der Waals surface area contributed by atoms with Crippen LogP contribution < -0.4 is 9.47 Å². The molecule has 0 N–H and O–H groups in total. The molecule has 1 fully saturated rings. The number of fused-ring (bicyclic) bond motifs is 1. The summed E-state index contributed by atoms with van der Waals surface area (Å²) in [6.45, 7) is 3.19. The van der Waals surface area contributed by atoms with Crippen LogP contribution >= 0.6 is 0 Å². The lowest BCUT2D eigenvalue weighted by molar-refractivity contribution is 0.0660. The Hall–Kier alpha value is -2.34. The van der Waals surface area contributed by atoms with Crippen LogP contribution in [-0.4, -0.2) is 68.1 Å². The smallest absolute Gasteiger partial charge is 0.273 e. The molecule has 2 heterocycles. The number of amides is 1. The molecule has 0 saturated carbocycles. The summed E-state index contributed by atoms with van der Waals surface area (Å²) in [7, 11) is 5.27. The standard InChI is InChI=1S/C17H21N3O3/c1-19-6-8-20(9-7-19)17(21)16-14-10-12(22-2)11-15(23-3)13(14)4-5-18-16/h4-5,10-11H,6-9H2,1-3H3. The largest absolute Gasteiger partial charge is 0.497 e. The molecule has 6 nitrogen and oxygen atoms in total. The van der Waals surface area contributed by atoms with Gasteiger partial charge in [0.2, 0.25) is 0 Å². The van der Waals surface area contributed by atoms with Crippen molar-refractivity contribution in [3.8, 4) is 11.5 Å². The average Bonchev–Trinajstić information content (AvgIpc) is 2.60. The third-order valence-electron chi connectivity index (χ3n) is 4.26. The van der Waals surface area contributed by atoms with Gasteiger partial charge in [0.05, 0.1) is 14.2 Å². The van der Waals surface area contributed by atoms with Crippen LogP contribution in [0.15, 0.2) is 24.4 Å². The van der Waals surface area contributed by atoms with E-state index in [9.17, 15) is 4.79 Å². The van der Waals surface area contributed by atoms with Crippen molar-refractivity contribution in [2.24, 2.45) is 0 Å². The van der Waals surface area contributed by atoms with Crippen molar-refractivity contribution in [2.75, 3.05) is 47.4 Å². The minimum Gasteiger partial charge on any atom is -0.497 e. The summed E-state index contributed by atoms with van der Waals surface area (Å²) in [5, 5.41) is 1.62. The molecule has 0 unspecified atom stereocenters. The van der Waals surface area contributed by atoms with Crippen LogP contribution in [0, 0.1) is 0 Å². The first-order chi connectivity index (χ1) is 11.1. The minimum absolute atomic E-state index is 0.0426. The van der Waals surface area contributed by atoms with E-state index in [2.05, 4.69) is 16.9 Å². The Bertz CT molecular complexity index is 724. The summed E-state index contributed by atoms with van der Waals surface area (Å²) >= 11 is 0. The van der Waals surface area contributed by atoms with E-state index in [1.807, 2.05) is 23.1 Å². The Morgan fingerprint density at radius 1 is 1.09 bits per heavy atom. The number of nitrogens with zero attached hydrogens (tertiary/aromatic N) is 3. The van der Waals surface area contributed by atoms with Crippen LogP contribution in [0.2, 0.25) is 0 Å². The zero-order valence-corrected chi connectivity index (χ0v) is 13.7. The van der Waals surface area contributed by atoms with Crippen LogP contribution in [0.1, 0.15) is 10.5 Å². The van der Waals surface area contributed by atoms with Gasteiger partial charge in [-0.15, -0.1) is 0 Å². The molecule has 122 valence electrons. The third kappa shape index (κ3) is 2.94. The van der Waals surface area contributed by atoms with E-state index < -0.39 is 0 Å². The molecule has 0 bridgehead atoms. The molecule has 1 amide bonds. The van der Waals surface area contributed by atoms with E-state index in [0.29, 0.717) is 30.3 Å². The Morgan fingerprint density at radius 3 is 2.48 bits per heavy atom. The van der Waals surface area contributed by atoms with Crippen molar-refractivity contribution in [3.05, 3.63) is 30.1 Å². The van der Waals surface area contributed by atoms with Crippen molar-refractivity contribution in [3.63, 3.8) is 0 Å². The van der Waals surface area contributed by atoms with Crippen LogP contribution in [0.25, 0.3) is 10.8 Å². The Labute approximate surface area is 135 Å². The summed E-state index contributed by atoms with van der Waals surface area (Å²) in [6.07, 6.45) is 1.65. The predicted octanol–water partition coefficient (Wildman–Crippen LogP) is 1.64. The second-order valence-electron chi connectivity index (χ2n) is 5.68. The first-order valence-electron chi connectivity index (χ1n) is 7.62. The highest BCUT2D eigenvalue weighted by molar-refractivity contribution is 6.07. The summed E-state index contributed by atoms with van der Waals surface area (Å²) in [5.74, 6) is 1.28. The van der Waals surface area contributed by atoms with Gasteiger partial charge in [-0.2, -0.15) is 0 Å². The SMILES string of the molecule is COc1cc(OC)c2ccnc(C(=O)N3CCN(C)CC3)c2c1. The molecule has 1 aliphatic rings. The van der Waals surface area contributed by atoms with Crippen LogP contribution in [0.5, 0.6) is 11.5 Å². The van der Waals surface area contributed by atoms with Crippen LogP contribution in [-0.2, 0) is 0 Å². The second kappa shape index (κ2) is 6.42. The first kappa shape index (κ1) is 15.6. The molecule has 1 saturated heterocycles. The van der Waals surface area contributed by atoms with E-state index in [0.717, 1.165) is 23.9 Å². The second-order valence-corrected chi connectivity index (χ2v) is 5.68. The summed E-state index contributed by atoms with van der Waals surface area (Å²) in [4.78, 5) is 21.3. The average molecular weight is 315 g/mol. The number of hydrogen-bond donors (Lipinski definition) is 0. The quantitative estimate of drug-likeness (QED) is 0.862. The van der Waals surface area contributed by atoms with Gasteiger partial charge in [-0.25, -0.2) is 0 Å². The van der Waals surface area contributed by atoms with Crippen LogP contribution in [0.4, 0.5) is 0 Å². The fraction of sp³-hybridized carbons (Fsp3) is 0.412. The number of carbonyl (C=O) groups is 1. The number of rotatable bonds is 3. The molecule has 6 heteroatoms. The number of aromatic nitrogens is 1. The summed E-state index contributed by atoms with van der Waals surface area (Å²) in [6, 6.07) is 5.51. The first-order valence-corrected chi connectivity index (χ1v) is 7.62. The number of ether oxygens (including phenoxy) is 2. The molecular weight excluding hydrogens is 294 g/mol. The monoisotopic (exact) mass is 315 g/mol. The lowest BCUT2D eigenvalue weighted by Gasteiger charge is -2.32. The highest BCUT2D eigenvalue weighted by Gasteiger charge is 2.23. The molecule has 1 aromatic carbocycles. The number of piperazine rings is 1. The van der Waals surface area contributed by atoms with Crippen molar-refractivity contribution >= 4 is 16.7 Å². The normalized spacial score (nSPS) is 15.7. The molecule has 3 rings (SSSR count). The third-order valence-corrected chi connectivity index (χ3v) is 4.26. The highest BCUT2D eigenvalue weighted by atomic mass is 16.5. The van der Waals surface area contributed by atoms with Crippen LogP contribution in [0.3, 0.4) is 0 Å². The number of likely N-dealkylation sites (N-methyl/N-ethyl adjacent to an activating group) is 1. The number of hydrogen-bond acceptors (Lipinski definition) is 5. The van der Waals surface area contributed by atoms with Gasteiger partial charge >= 0.3 is 0 Å². The molecule has 1 aromatic heterocycles. The van der Waals surface area contributed by atoms with Crippen molar-refractivity contribution in [1.82, 2.24) is 14.8 Å². The van der Waals surface area contributed by atoms with E-state index >= 15 is 0 Å². The fourth-order valence-electron chi connectivity index (χ4n) is 2.84. The topological polar surface area (TPSA) is 54.9 Å². The highest BCUT2D eigenvalue weighted by Crippen LogP contribution is 2.32. The van der Waals surface area contributed by atoms with Gasteiger partial charge in [0.1, 0.15) is 17.2 Å². The van der Waals surface area contributed by atoms with Crippen molar-refractivity contribution < 1.29 is 14.3 Å². The lowest BCUT2D eigenvalue weighted by Crippen LogP contribution is -2.47. The van der Waals surface area contributed by atoms with Gasteiger partial charge in [0.25, 0.3) is 5.91 Å².